The SMILES string of the molecule is O=C(NC1C2CC3CC(C2)CC1C3)c1cnccn1. The van der Waals surface area contributed by atoms with Gasteiger partial charge in [-0.15, -0.1) is 0 Å². The molecule has 19 heavy (non-hydrogen) atoms. The smallest absolute Gasteiger partial charge is 0.271 e. The Hall–Kier alpha value is -1.45. The summed E-state index contributed by atoms with van der Waals surface area (Å²) in [5, 5.41) is 3.24. The third-order valence-electron chi connectivity index (χ3n) is 5.32. The van der Waals surface area contributed by atoms with Gasteiger partial charge in [0, 0.05) is 18.4 Å². The van der Waals surface area contributed by atoms with Gasteiger partial charge in [0.15, 0.2) is 0 Å². The van der Waals surface area contributed by atoms with E-state index in [1.165, 1.54) is 32.1 Å². The molecule has 4 aliphatic carbocycles. The van der Waals surface area contributed by atoms with Crippen LogP contribution in [0.15, 0.2) is 18.6 Å². The highest BCUT2D eigenvalue weighted by Gasteiger charge is 2.48. The summed E-state index contributed by atoms with van der Waals surface area (Å²) in [6, 6.07) is 0.377. The van der Waals surface area contributed by atoms with Crippen LogP contribution in [0.4, 0.5) is 0 Å². The average molecular weight is 257 g/mol. The fraction of sp³-hybridized carbons (Fsp3) is 0.667. The van der Waals surface area contributed by atoms with Gasteiger partial charge in [0.05, 0.1) is 6.20 Å². The number of nitrogens with one attached hydrogen (secondary N) is 1. The minimum atomic E-state index is -0.0504. The molecular weight excluding hydrogens is 238 g/mol. The van der Waals surface area contributed by atoms with Gasteiger partial charge in [-0.05, 0) is 55.8 Å². The monoisotopic (exact) mass is 257 g/mol. The fourth-order valence-corrected chi connectivity index (χ4v) is 4.80. The van der Waals surface area contributed by atoms with Gasteiger partial charge in [-0.3, -0.25) is 9.78 Å². The molecule has 4 aliphatic rings. The number of carbonyl (C=O) groups excluding carboxylic acids is 1. The second-order valence-corrected chi connectivity index (χ2v) is 6.52. The molecule has 1 N–H and O–H groups in total. The van der Waals surface area contributed by atoms with Crippen LogP contribution in [0.2, 0.25) is 0 Å². The predicted molar refractivity (Wildman–Crippen MR) is 70.3 cm³/mol. The highest BCUT2D eigenvalue weighted by molar-refractivity contribution is 5.92. The number of nitrogens with zero attached hydrogens (tertiary/aromatic N) is 2. The lowest BCUT2D eigenvalue weighted by atomic mass is 9.54. The summed E-state index contributed by atoms with van der Waals surface area (Å²) in [6.45, 7) is 0. The van der Waals surface area contributed by atoms with Gasteiger partial charge >= 0.3 is 0 Å². The first kappa shape index (κ1) is 11.4. The van der Waals surface area contributed by atoms with Crippen molar-refractivity contribution in [3.8, 4) is 0 Å². The van der Waals surface area contributed by atoms with Crippen molar-refractivity contribution in [1.82, 2.24) is 15.3 Å². The highest BCUT2D eigenvalue weighted by Crippen LogP contribution is 2.53. The first-order chi connectivity index (χ1) is 9.29. The van der Waals surface area contributed by atoms with Gasteiger partial charge in [0.1, 0.15) is 5.69 Å². The van der Waals surface area contributed by atoms with E-state index < -0.39 is 0 Å². The summed E-state index contributed by atoms with van der Waals surface area (Å²) in [4.78, 5) is 20.3. The van der Waals surface area contributed by atoms with Gasteiger partial charge in [-0.25, -0.2) is 4.98 Å². The summed E-state index contributed by atoms with van der Waals surface area (Å²) in [6.07, 6.45) is 11.4. The maximum absolute atomic E-state index is 12.2. The number of carbonyl (C=O) groups is 1. The molecule has 1 heterocycles. The number of aromatic nitrogens is 2. The van der Waals surface area contributed by atoms with Crippen molar-refractivity contribution in [2.24, 2.45) is 23.7 Å². The first-order valence-corrected chi connectivity index (χ1v) is 7.36. The largest absolute Gasteiger partial charge is 0.347 e. The van der Waals surface area contributed by atoms with Crippen molar-refractivity contribution < 1.29 is 4.79 Å². The summed E-state index contributed by atoms with van der Waals surface area (Å²) < 4.78 is 0. The highest BCUT2D eigenvalue weighted by atomic mass is 16.2. The van der Waals surface area contributed by atoms with Crippen molar-refractivity contribution in [1.29, 1.82) is 0 Å². The maximum atomic E-state index is 12.2. The van der Waals surface area contributed by atoms with E-state index in [0.29, 0.717) is 23.6 Å². The molecule has 4 bridgehead atoms. The van der Waals surface area contributed by atoms with Crippen LogP contribution in [0.3, 0.4) is 0 Å². The predicted octanol–water partition coefficient (Wildman–Crippen LogP) is 2.03. The standard InChI is InChI=1S/C15H19N3O/c19-15(13-8-16-1-2-17-13)18-14-11-4-9-3-10(6-11)7-12(14)5-9/h1-2,8-12,14H,3-7H2,(H,18,19). The summed E-state index contributed by atoms with van der Waals surface area (Å²) in [5.41, 5.74) is 0.441. The molecule has 0 aliphatic heterocycles. The van der Waals surface area contributed by atoms with E-state index in [1.807, 2.05) is 0 Å². The van der Waals surface area contributed by atoms with E-state index in [4.69, 9.17) is 0 Å². The van der Waals surface area contributed by atoms with Crippen LogP contribution < -0.4 is 5.32 Å². The zero-order chi connectivity index (χ0) is 12.8. The van der Waals surface area contributed by atoms with Gasteiger partial charge in [-0.2, -0.15) is 0 Å². The van der Waals surface area contributed by atoms with Crippen molar-refractivity contribution in [2.75, 3.05) is 0 Å². The number of rotatable bonds is 2. The van der Waals surface area contributed by atoms with Crippen molar-refractivity contribution in [3.63, 3.8) is 0 Å². The maximum Gasteiger partial charge on any atom is 0.271 e. The van der Waals surface area contributed by atoms with Gasteiger partial charge in [-0.1, -0.05) is 0 Å². The van der Waals surface area contributed by atoms with Crippen molar-refractivity contribution >= 4 is 5.91 Å². The van der Waals surface area contributed by atoms with Crippen LogP contribution in [-0.4, -0.2) is 21.9 Å². The minimum Gasteiger partial charge on any atom is -0.347 e. The Morgan fingerprint density at radius 1 is 1.05 bits per heavy atom. The van der Waals surface area contributed by atoms with Crippen molar-refractivity contribution in [2.45, 2.75) is 38.1 Å². The van der Waals surface area contributed by atoms with E-state index in [-0.39, 0.29) is 5.91 Å². The second kappa shape index (κ2) is 4.29. The molecule has 0 radical (unpaired) electrons. The lowest BCUT2D eigenvalue weighted by molar-refractivity contribution is -0.0120. The van der Waals surface area contributed by atoms with E-state index in [2.05, 4.69) is 15.3 Å². The van der Waals surface area contributed by atoms with E-state index in [9.17, 15) is 4.79 Å². The van der Waals surface area contributed by atoms with Crippen molar-refractivity contribution in [3.05, 3.63) is 24.3 Å². The molecule has 0 saturated heterocycles. The summed E-state index contributed by atoms with van der Waals surface area (Å²) in [5.74, 6) is 3.23. The lowest BCUT2D eigenvalue weighted by Gasteiger charge is -2.54. The second-order valence-electron chi connectivity index (χ2n) is 6.52. The Kier molecular flexibility index (Phi) is 2.57. The van der Waals surface area contributed by atoms with Crippen LogP contribution in [0.5, 0.6) is 0 Å². The van der Waals surface area contributed by atoms with E-state index in [1.54, 1.807) is 18.6 Å². The van der Waals surface area contributed by atoms with Crippen LogP contribution in [0.1, 0.15) is 42.6 Å². The summed E-state index contributed by atoms with van der Waals surface area (Å²) in [7, 11) is 0. The van der Waals surface area contributed by atoms with Gasteiger partial charge in [0.25, 0.3) is 5.91 Å². The molecule has 4 fully saturated rings. The Morgan fingerprint density at radius 3 is 2.32 bits per heavy atom. The molecule has 100 valence electrons. The Labute approximate surface area is 113 Å². The lowest BCUT2D eigenvalue weighted by Crippen LogP contribution is -2.55. The third-order valence-corrected chi connectivity index (χ3v) is 5.32. The molecule has 0 atom stereocenters. The first-order valence-electron chi connectivity index (χ1n) is 7.36. The molecule has 4 nitrogen and oxygen atoms in total. The van der Waals surface area contributed by atoms with E-state index in [0.717, 1.165) is 11.8 Å². The Balaban J connectivity index is 1.50. The molecule has 0 spiro atoms. The number of hydrogen-bond acceptors (Lipinski definition) is 3. The topological polar surface area (TPSA) is 54.9 Å². The Bertz CT molecular complexity index is 459. The zero-order valence-corrected chi connectivity index (χ0v) is 11.0. The molecule has 4 heteroatoms. The van der Waals surface area contributed by atoms with Crippen LogP contribution in [0, 0.1) is 23.7 Å². The molecule has 1 aromatic rings. The molecule has 0 unspecified atom stereocenters. The quantitative estimate of drug-likeness (QED) is 0.882. The molecule has 1 amide bonds. The Morgan fingerprint density at radius 2 is 1.74 bits per heavy atom. The van der Waals surface area contributed by atoms with Crippen LogP contribution in [-0.2, 0) is 0 Å². The third kappa shape index (κ3) is 1.94. The normalized spacial score (nSPS) is 39.3. The average Bonchev–Trinajstić information content (AvgIpc) is 2.43. The molecule has 0 aromatic carbocycles. The number of hydrogen-bond donors (Lipinski definition) is 1. The van der Waals surface area contributed by atoms with Gasteiger partial charge in [0.2, 0.25) is 0 Å². The van der Waals surface area contributed by atoms with E-state index >= 15 is 0 Å². The molecular formula is C15H19N3O. The van der Waals surface area contributed by atoms with Crippen LogP contribution in [0.25, 0.3) is 0 Å². The van der Waals surface area contributed by atoms with Gasteiger partial charge < -0.3 is 5.32 Å². The van der Waals surface area contributed by atoms with Crippen LogP contribution >= 0.6 is 0 Å². The molecule has 5 rings (SSSR count). The molecule has 1 aromatic heterocycles. The minimum absolute atomic E-state index is 0.0504. The molecule has 4 saturated carbocycles. The zero-order valence-electron chi connectivity index (χ0n) is 11.0. The fourth-order valence-electron chi connectivity index (χ4n) is 4.80. The summed E-state index contributed by atoms with van der Waals surface area (Å²) >= 11 is 0. The number of amides is 1.